The molecule has 0 saturated carbocycles. The van der Waals surface area contributed by atoms with E-state index in [0.717, 1.165) is 11.4 Å². The molecule has 0 radical (unpaired) electrons. The number of para-hydroxylation sites is 4. The maximum Gasteiger partial charge on any atom is 0.0641 e. The Labute approximate surface area is 410 Å². The molecule has 0 unspecified atom stereocenters. The normalized spacial score (nSPS) is 12.7. The third kappa shape index (κ3) is 5.95. The van der Waals surface area contributed by atoms with Gasteiger partial charge in [0, 0.05) is 65.8 Å². The van der Waals surface area contributed by atoms with E-state index in [1.807, 2.05) is 0 Å². The van der Waals surface area contributed by atoms with E-state index in [1.54, 1.807) is 0 Å². The standard InChI is InChI=1S/C66H58N4/c1-39-27-31-53(41(3)35-39)67(43-19-13-11-14-20-43)55-33-29-45-49-37-58-50(38-57(49)69-61-47(59(55)63(45)69)23-17-25-51(61)65(5,6)7)46-30-34-56(60-48-24-18-26-52(66(8,9)10)62(48)70(58)64(46)60)68(44-21-15-12-16-22-44)54-32-28-40(2)36-42(54)4/h11-38H,1-10H3. The highest BCUT2D eigenvalue weighted by Crippen LogP contribution is 2.53. The minimum Gasteiger partial charge on any atom is -0.310 e. The van der Waals surface area contributed by atoms with Crippen LogP contribution in [-0.4, -0.2) is 8.80 Å². The maximum atomic E-state index is 2.64. The van der Waals surface area contributed by atoms with Gasteiger partial charge in [0.05, 0.1) is 44.5 Å². The fourth-order valence-electron chi connectivity index (χ4n) is 12.3. The average Bonchev–Trinajstić information content (AvgIpc) is 4.06. The Kier molecular flexibility index (Phi) is 8.97. The number of hydrogen-bond acceptors (Lipinski definition) is 2. The smallest absolute Gasteiger partial charge is 0.0641 e. The van der Waals surface area contributed by atoms with Crippen molar-refractivity contribution in [3.63, 3.8) is 0 Å². The van der Waals surface area contributed by atoms with Crippen LogP contribution in [-0.2, 0) is 10.8 Å². The second kappa shape index (κ2) is 14.8. The monoisotopic (exact) mass is 906 g/mol. The summed E-state index contributed by atoms with van der Waals surface area (Å²) >= 11 is 0. The fourth-order valence-corrected chi connectivity index (χ4v) is 12.3. The van der Waals surface area contributed by atoms with Gasteiger partial charge in [0.15, 0.2) is 0 Å². The summed E-state index contributed by atoms with van der Waals surface area (Å²) in [6.45, 7) is 23.0. The van der Waals surface area contributed by atoms with E-state index in [1.165, 1.54) is 132 Å². The van der Waals surface area contributed by atoms with E-state index in [9.17, 15) is 0 Å². The number of fused-ring (bicyclic) bond motifs is 12. The van der Waals surface area contributed by atoms with Gasteiger partial charge in [-0.2, -0.15) is 0 Å². The van der Waals surface area contributed by atoms with Crippen LogP contribution >= 0.6 is 0 Å². The van der Waals surface area contributed by atoms with E-state index in [4.69, 9.17) is 0 Å². The Morgan fingerprint density at radius 3 is 1.09 bits per heavy atom. The molecule has 4 heterocycles. The molecule has 0 amide bonds. The molecule has 0 aliphatic carbocycles. The molecule has 4 aromatic heterocycles. The molecule has 0 saturated heterocycles. The highest BCUT2D eigenvalue weighted by atomic mass is 15.2. The summed E-state index contributed by atoms with van der Waals surface area (Å²) in [7, 11) is 0. The van der Waals surface area contributed by atoms with Gasteiger partial charge in [-0.1, -0.05) is 162 Å². The number of aromatic nitrogens is 2. The Morgan fingerprint density at radius 1 is 0.329 bits per heavy atom. The molecule has 4 heteroatoms. The molecule has 13 aromatic rings. The summed E-state index contributed by atoms with van der Waals surface area (Å²) in [4.78, 5) is 4.98. The Hall–Kier alpha value is -7.82. The third-order valence-electron chi connectivity index (χ3n) is 15.3. The van der Waals surface area contributed by atoms with Crippen LogP contribution in [0, 0.1) is 27.7 Å². The van der Waals surface area contributed by atoms with Crippen LogP contribution < -0.4 is 9.80 Å². The highest BCUT2D eigenvalue weighted by molar-refractivity contribution is 6.32. The molecule has 0 fully saturated rings. The molecule has 9 aromatic carbocycles. The van der Waals surface area contributed by atoms with E-state index >= 15 is 0 Å². The molecular formula is C66H58N4. The van der Waals surface area contributed by atoms with Crippen LogP contribution in [0.15, 0.2) is 170 Å². The van der Waals surface area contributed by atoms with Crippen molar-refractivity contribution < 1.29 is 0 Å². The zero-order valence-electron chi connectivity index (χ0n) is 42.0. The van der Waals surface area contributed by atoms with Crippen LogP contribution in [0.1, 0.15) is 74.9 Å². The van der Waals surface area contributed by atoms with Gasteiger partial charge < -0.3 is 18.6 Å². The molecule has 0 atom stereocenters. The van der Waals surface area contributed by atoms with Crippen molar-refractivity contribution in [1.82, 2.24) is 8.80 Å². The number of nitrogens with zero attached hydrogens (tertiary/aromatic N) is 4. The lowest BCUT2D eigenvalue weighted by molar-refractivity contribution is 0.594. The van der Waals surface area contributed by atoms with Gasteiger partial charge in [0.2, 0.25) is 0 Å². The first-order valence-electron chi connectivity index (χ1n) is 24.9. The lowest BCUT2D eigenvalue weighted by atomic mass is 9.85. The zero-order chi connectivity index (χ0) is 48.1. The van der Waals surface area contributed by atoms with E-state index in [-0.39, 0.29) is 10.8 Å². The van der Waals surface area contributed by atoms with Gasteiger partial charge in [-0.15, -0.1) is 0 Å². The van der Waals surface area contributed by atoms with E-state index < -0.39 is 0 Å². The van der Waals surface area contributed by atoms with Crippen molar-refractivity contribution in [1.29, 1.82) is 0 Å². The maximum absolute atomic E-state index is 2.64. The Bertz CT molecular complexity index is 3960. The van der Waals surface area contributed by atoms with Crippen molar-refractivity contribution in [3.05, 3.63) is 203 Å². The second-order valence-electron chi connectivity index (χ2n) is 22.1. The van der Waals surface area contributed by atoms with Gasteiger partial charge in [-0.05, 0) is 121 Å². The molecule has 4 nitrogen and oxygen atoms in total. The number of rotatable bonds is 6. The summed E-state index contributed by atoms with van der Waals surface area (Å²) in [5, 5.41) is 10.2. The van der Waals surface area contributed by atoms with E-state index in [2.05, 4.69) is 258 Å². The molecular weight excluding hydrogens is 849 g/mol. The summed E-state index contributed by atoms with van der Waals surface area (Å²) in [6.07, 6.45) is 0. The summed E-state index contributed by atoms with van der Waals surface area (Å²) in [5.74, 6) is 0. The molecule has 13 rings (SSSR count). The summed E-state index contributed by atoms with van der Waals surface area (Å²) in [6, 6.07) is 64.2. The number of benzene rings is 9. The molecule has 0 bridgehead atoms. The first-order valence-corrected chi connectivity index (χ1v) is 24.9. The fraction of sp³-hybridized carbons (Fsp3) is 0.182. The largest absolute Gasteiger partial charge is 0.310 e. The summed E-state index contributed by atoms with van der Waals surface area (Å²) < 4.78 is 5.28. The van der Waals surface area contributed by atoms with Crippen LogP contribution in [0.3, 0.4) is 0 Å². The van der Waals surface area contributed by atoms with E-state index in [0.29, 0.717) is 0 Å². The predicted octanol–water partition coefficient (Wildman–Crippen LogP) is 18.8. The Morgan fingerprint density at radius 2 is 0.714 bits per heavy atom. The number of anilines is 6. The van der Waals surface area contributed by atoms with Crippen molar-refractivity contribution in [2.45, 2.75) is 80.1 Å². The van der Waals surface area contributed by atoms with Gasteiger partial charge >= 0.3 is 0 Å². The van der Waals surface area contributed by atoms with Crippen molar-refractivity contribution in [2.75, 3.05) is 9.80 Å². The Balaban J connectivity index is 1.19. The number of aryl methyl sites for hydroxylation is 4. The third-order valence-corrected chi connectivity index (χ3v) is 15.3. The molecule has 0 spiro atoms. The lowest BCUT2D eigenvalue weighted by Crippen LogP contribution is -2.12. The van der Waals surface area contributed by atoms with Gasteiger partial charge in [-0.25, -0.2) is 0 Å². The quantitative estimate of drug-likeness (QED) is 0.165. The minimum absolute atomic E-state index is 0.108. The van der Waals surface area contributed by atoms with Crippen LogP contribution in [0.2, 0.25) is 0 Å². The first-order chi connectivity index (χ1) is 33.7. The van der Waals surface area contributed by atoms with Crippen molar-refractivity contribution >= 4 is 110 Å². The second-order valence-corrected chi connectivity index (χ2v) is 22.1. The molecule has 0 aliphatic rings. The lowest BCUT2D eigenvalue weighted by Gasteiger charge is -2.28. The average molecular weight is 907 g/mol. The molecule has 70 heavy (non-hydrogen) atoms. The minimum atomic E-state index is -0.108. The highest BCUT2D eigenvalue weighted by Gasteiger charge is 2.32. The van der Waals surface area contributed by atoms with Crippen LogP contribution in [0.4, 0.5) is 34.1 Å². The van der Waals surface area contributed by atoms with Gasteiger partial charge in [0.1, 0.15) is 0 Å². The van der Waals surface area contributed by atoms with Crippen molar-refractivity contribution in [2.24, 2.45) is 0 Å². The molecule has 0 aliphatic heterocycles. The number of hydrogen-bond donors (Lipinski definition) is 0. The van der Waals surface area contributed by atoms with Crippen LogP contribution in [0.5, 0.6) is 0 Å². The molecule has 342 valence electrons. The molecule has 0 N–H and O–H groups in total. The topological polar surface area (TPSA) is 15.3 Å². The first kappa shape index (κ1) is 42.3. The zero-order valence-corrected chi connectivity index (χ0v) is 42.0. The SMILES string of the molecule is Cc1ccc(N(c2ccccc2)c2ccc3c4cc5c(cc4n4c6c(C(C)(C)C)cccc6c2c34)c2ccc(N(c3ccccc3)c3ccc(C)cc3C)c3c4cccc(C(C)(C)C)c4n5c23)c(C)c1. The van der Waals surface area contributed by atoms with Crippen LogP contribution in [0.25, 0.3) is 76.2 Å². The van der Waals surface area contributed by atoms with Gasteiger partial charge in [0.25, 0.3) is 0 Å². The van der Waals surface area contributed by atoms with Crippen molar-refractivity contribution in [3.8, 4) is 0 Å². The van der Waals surface area contributed by atoms with Gasteiger partial charge in [-0.3, -0.25) is 0 Å². The summed E-state index contributed by atoms with van der Waals surface area (Å²) in [5.41, 5.74) is 22.1. The predicted molar refractivity (Wildman–Crippen MR) is 301 cm³/mol.